The molecule has 0 amide bonds. The summed E-state index contributed by atoms with van der Waals surface area (Å²) in [5, 5.41) is 7.67. The van der Waals surface area contributed by atoms with Gasteiger partial charge in [-0.15, -0.1) is 0 Å². The number of nitrogen functional groups attached to an aromatic ring is 1. The Morgan fingerprint density at radius 3 is 2.00 bits per heavy atom. The molecule has 3 heteroatoms. The fraction of sp³-hybridized carbons (Fsp3) is 0.562. The number of benzene rings is 1. The van der Waals surface area contributed by atoms with Crippen LogP contribution in [0.1, 0.15) is 59.6 Å². The zero-order chi connectivity index (χ0) is 15.6. The van der Waals surface area contributed by atoms with Crippen LogP contribution in [0, 0.1) is 12.3 Å². The molecule has 110 valence electrons. The molecule has 0 unspecified atom stereocenters. The summed E-state index contributed by atoms with van der Waals surface area (Å²) in [7, 11) is 0. The maximum Gasteiger partial charge on any atom is 0.131 e. The Balaban J connectivity index is 0. The van der Waals surface area contributed by atoms with Crippen LogP contribution >= 0.6 is 0 Å². The quantitative estimate of drug-likeness (QED) is 0.609. The van der Waals surface area contributed by atoms with E-state index in [1.807, 2.05) is 60.6 Å². The van der Waals surface area contributed by atoms with Crippen LogP contribution in [0.5, 0.6) is 5.75 Å². The molecule has 0 spiro atoms. The molecule has 0 aliphatic rings. The highest BCUT2D eigenvalue weighted by molar-refractivity contribution is 6.03. The maximum atomic E-state index is 7.67. The molecule has 0 heterocycles. The Morgan fingerprint density at radius 1 is 1.16 bits per heavy atom. The Kier molecular flexibility index (Phi) is 10.9. The van der Waals surface area contributed by atoms with Gasteiger partial charge in [0.25, 0.3) is 0 Å². The molecule has 0 saturated carbocycles. The summed E-state index contributed by atoms with van der Waals surface area (Å²) in [4.78, 5) is 0. The van der Waals surface area contributed by atoms with Crippen molar-refractivity contribution in [3.05, 3.63) is 23.3 Å². The molecule has 19 heavy (non-hydrogen) atoms. The van der Waals surface area contributed by atoms with Gasteiger partial charge in [0.1, 0.15) is 5.75 Å². The summed E-state index contributed by atoms with van der Waals surface area (Å²) in [6.07, 6.45) is 0.0873. The average Bonchev–Trinajstić information content (AvgIpc) is 2.31. The maximum absolute atomic E-state index is 7.67. The Bertz CT molecular complexity index is 385. The van der Waals surface area contributed by atoms with Crippen LogP contribution < -0.4 is 10.5 Å². The second kappa shape index (κ2) is 10.4. The SMILES string of the molecule is CC.CC.CC(=N)c1c(N)cc(C)cc1OC(C)C. The van der Waals surface area contributed by atoms with Gasteiger partial charge < -0.3 is 15.9 Å². The number of hydrogen-bond acceptors (Lipinski definition) is 3. The minimum Gasteiger partial charge on any atom is -0.490 e. The molecule has 1 aromatic rings. The summed E-state index contributed by atoms with van der Waals surface area (Å²) in [5.74, 6) is 0.704. The number of rotatable bonds is 3. The van der Waals surface area contributed by atoms with E-state index in [9.17, 15) is 0 Å². The van der Waals surface area contributed by atoms with Crippen molar-refractivity contribution in [1.29, 1.82) is 5.41 Å². The minimum atomic E-state index is 0.0873. The van der Waals surface area contributed by atoms with Gasteiger partial charge in [-0.1, -0.05) is 27.7 Å². The molecule has 1 rings (SSSR count). The predicted molar refractivity (Wildman–Crippen MR) is 86.6 cm³/mol. The van der Waals surface area contributed by atoms with Crippen molar-refractivity contribution in [1.82, 2.24) is 0 Å². The predicted octanol–water partition coefficient (Wildman–Crippen LogP) is 4.80. The van der Waals surface area contributed by atoms with Crippen molar-refractivity contribution in [2.45, 2.75) is 61.5 Å². The highest BCUT2D eigenvalue weighted by Crippen LogP contribution is 2.27. The topological polar surface area (TPSA) is 59.1 Å². The summed E-state index contributed by atoms with van der Waals surface area (Å²) in [5.41, 5.74) is 8.67. The third kappa shape index (κ3) is 6.85. The molecule has 3 nitrogen and oxygen atoms in total. The van der Waals surface area contributed by atoms with Gasteiger partial charge in [-0.2, -0.15) is 0 Å². The summed E-state index contributed by atoms with van der Waals surface area (Å²) in [6.45, 7) is 15.6. The second-order valence-electron chi connectivity index (χ2n) is 4.02. The van der Waals surface area contributed by atoms with Crippen molar-refractivity contribution >= 4 is 11.4 Å². The van der Waals surface area contributed by atoms with Gasteiger partial charge in [0, 0.05) is 11.4 Å². The van der Waals surface area contributed by atoms with Crippen LogP contribution in [-0.4, -0.2) is 11.8 Å². The van der Waals surface area contributed by atoms with Gasteiger partial charge >= 0.3 is 0 Å². The summed E-state index contributed by atoms with van der Waals surface area (Å²) >= 11 is 0. The van der Waals surface area contributed by atoms with E-state index >= 15 is 0 Å². The van der Waals surface area contributed by atoms with E-state index in [-0.39, 0.29) is 6.10 Å². The molecule has 0 saturated heterocycles. The van der Waals surface area contributed by atoms with Crippen molar-refractivity contribution < 1.29 is 4.74 Å². The number of nitrogens with one attached hydrogen (secondary N) is 1. The molecular formula is C16H30N2O. The van der Waals surface area contributed by atoms with Crippen LogP contribution in [0.2, 0.25) is 0 Å². The minimum absolute atomic E-state index is 0.0873. The third-order valence-corrected chi connectivity index (χ3v) is 2.01. The van der Waals surface area contributed by atoms with E-state index in [0.29, 0.717) is 22.7 Å². The van der Waals surface area contributed by atoms with Gasteiger partial charge in [0.2, 0.25) is 0 Å². The molecular weight excluding hydrogens is 236 g/mol. The largest absolute Gasteiger partial charge is 0.490 e. The monoisotopic (exact) mass is 266 g/mol. The van der Waals surface area contributed by atoms with Crippen molar-refractivity contribution in [3.8, 4) is 5.75 Å². The highest BCUT2D eigenvalue weighted by Gasteiger charge is 2.12. The van der Waals surface area contributed by atoms with E-state index in [1.165, 1.54) is 0 Å². The van der Waals surface area contributed by atoms with E-state index in [4.69, 9.17) is 15.9 Å². The highest BCUT2D eigenvalue weighted by atomic mass is 16.5. The third-order valence-electron chi connectivity index (χ3n) is 2.01. The molecule has 3 N–H and O–H groups in total. The van der Waals surface area contributed by atoms with Crippen LogP contribution in [0.4, 0.5) is 5.69 Å². The standard InChI is InChI=1S/C12H18N2O.2C2H6/c1-7(2)15-11-6-8(3)5-10(14)12(11)9(4)13;2*1-2/h5-7,13H,14H2,1-4H3;2*1-2H3. The van der Waals surface area contributed by atoms with Gasteiger partial charge in [-0.25, -0.2) is 0 Å². The Labute approximate surface area is 118 Å². The average molecular weight is 266 g/mol. The molecule has 0 radical (unpaired) electrons. The molecule has 0 fully saturated rings. The normalized spacial score (nSPS) is 8.89. The fourth-order valence-corrected chi connectivity index (χ4v) is 1.53. The first-order chi connectivity index (χ1) is 8.91. The van der Waals surface area contributed by atoms with Crippen LogP contribution in [0.3, 0.4) is 0 Å². The summed E-state index contributed by atoms with van der Waals surface area (Å²) in [6, 6.07) is 3.78. The van der Waals surface area contributed by atoms with Gasteiger partial charge in [-0.3, -0.25) is 0 Å². The van der Waals surface area contributed by atoms with E-state index in [1.54, 1.807) is 6.92 Å². The van der Waals surface area contributed by atoms with Gasteiger partial charge in [0.05, 0.1) is 11.7 Å². The first-order valence-electron chi connectivity index (χ1n) is 7.04. The molecule has 1 aromatic carbocycles. The molecule has 0 bridgehead atoms. The van der Waals surface area contributed by atoms with E-state index < -0.39 is 0 Å². The molecule has 0 atom stereocenters. The molecule has 0 aliphatic heterocycles. The van der Waals surface area contributed by atoms with Crippen LogP contribution in [-0.2, 0) is 0 Å². The van der Waals surface area contributed by atoms with Crippen molar-refractivity contribution in [3.63, 3.8) is 0 Å². The molecule has 0 aliphatic carbocycles. The van der Waals surface area contributed by atoms with Crippen molar-refractivity contribution in [2.24, 2.45) is 0 Å². The number of hydrogen-bond donors (Lipinski definition) is 2. The zero-order valence-corrected chi connectivity index (χ0v) is 13.7. The van der Waals surface area contributed by atoms with Gasteiger partial charge in [-0.05, 0) is 45.4 Å². The van der Waals surface area contributed by atoms with Gasteiger partial charge in [0.15, 0.2) is 0 Å². The first-order valence-corrected chi connectivity index (χ1v) is 7.04. The number of anilines is 1. The number of aryl methyl sites for hydroxylation is 1. The Hall–Kier alpha value is -1.51. The lowest BCUT2D eigenvalue weighted by molar-refractivity contribution is 0.242. The number of nitrogens with two attached hydrogens (primary N) is 1. The lowest BCUT2D eigenvalue weighted by Crippen LogP contribution is -2.11. The number of ether oxygens (including phenoxy) is 1. The molecule has 0 aromatic heterocycles. The first kappa shape index (κ1) is 19.8. The van der Waals surface area contributed by atoms with Crippen LogP contribution in [0.15, 0.2) is 12.1 Å². The van der Waals surface area contributed by atoms with E-state index in [0.717, 1.165) is 5.56 Å². The van der Waals surface area contributed by atoms with E-state index in [2.05, 4.69) is 0 Å². The fourth-order valence-electron chi connectivity index (χ4n) is 1.53. The zero-order valence-electron chi connectivity index (χ0n) is 13.7. The lowest BCUT2D eigenvalue weighted by Gasteiger charge is -2.16. The summed E-state index contributed by atoms with van der Waals surface area (Å²) < 4.78 is 5.65. The smallest absolute Gasteiger partial charge is 0.131 e. The Morgan fingerprint density at radius 2 is 1.63 bits per heavy atom. The van der Waals surface area contributed by atoms with Crippen LogP contribution in [0.25, 0.3) is 0 Å². The second-order valence-corrected chi connectivity index (χ2v) is 4.02. The lowest BCUT2D eigenvalue weighted by atomic mass is 10.0. The van der Waals surface area contributed by atoms with Crippen molar-refractivity contribution in [2.75, 3.05) is 5.73 Å².